The Morgan fingerprint density at radius 3 is 2.65 bits per heavy atom. The van der Waals surface area contributed by atoms with Crippen molar-refractivity contribution in [1.29, 1.82) is 0 Å². The van der Waals surface area contributed by atoms with Crippen LogP contribution in [0.4, 0.5) is 10.1 Å². The Kier molecular flexibility index (Phi) is 6.65. The van der Waals surface area contributed by atoms with E-state index in [-0.39, 0.29) is 16.8 Å². The molecule has 160 valence electrons. The van der Waals surface area contributed by atoms with E-state index in [1.54, 1.807) is 11.3 Å². The number of hydrogen-bond donors (Lipinski definition) is 2. The van der Waals surface area contributed by atoms with E-state index in [0.717, 1.165) is 30.5 Å². The molecule has 0 spiro atoms. The predicted octanol–water partition coefficient (Wildman–Crippen LogP) is 4.39. The minimum atomic E-state index is -0.823. The van der Waals surface area contributed by atoms with Gasteiger partial charge in [0, 0.05) is 30.2 Å². The Balaban J connectivity index is 1.41. The fraction of sp³-hybridized carbons (Fsp3) is 0.217. The fourth-order valence-corrected chi connectivity index (χ4v) is 4.75. The molecule has 0 radical (unpaired) electrons. The van der Waals surface area contributed by atoms with Gasteiger partial charge in [0.15, 0.2) is 0 Å². The van der Waals surface area contributed by atoms with Gasteiger partial charge in [-0.15, -0.1) is 11.3 Å². The van der Waals surface area contributed by atoms with Crippen molar-refractivity contribution in [1.82, 2.24) is 10.2 Å². The highest BCUT2D eigenvalue weighted by Crippen LogP contribution is 2.30. The van der Waals surface area contributed by atoms with Crippen LogP contribution in [0, 0.1) is 5.82 Å². The van der Waals surface area contributed by atoms with E-state index in [0.29, 0.717) is 6.54 Å². The molecular formula is C23H21ClFN3O2S. The molecule has 8 heteroatoms. The molecule has 1 aromatic heterocycles. The lowest BCUT2D eigenvalue weighted by Gasteiger charge is -2.35. The quantitative estimate of drug-likeness (QED) is 0.558. The summed E-state index contributed by atoms with van der Waals surface area (Å²) < 4.78 is 13.3. The Bertz CT molecular complexity index is 1090. The van der Waals surface area contributed by atoms with Crippen LogP contribution in [0.5, 0.6) is 0 Å². The number of hydrogen-bond acceptors (Lipinski definition) is 4. The van der Waals surface area contributed by atoms with Crippen LogP contribution in [-0.4, -0.2) is 29.8 Å². The maximum atomic E-state index is 13.3. The van der Waals surface area contributed by atoms with Gasteiger partial charge in [0.1, 0.15) is 5.82 Å². The summed E-state index contributed by atoms with van der Waals surface area (Å²) in [5.41, 5.74) is 2.90. The number of rotatable bonds is 5. The van der Waals surface area contributed by atoms with Crippen LogP contribution in [0.2, 0.25) is 5.02 Å². The van der Waals surface area contributed by atoms with E-state index in [9.17, 15) is 14.0 Å². The second-order valence-corrected chi connectivity index (χ2v) is 8.70. The number of nitrogens with zero attached hydrogens (tertiary/aromatic N) is 1. The van der Waals surface area contributed by atoms with Gasteiger partial charge in [-0.05, 0) is 47.2 Å². The zero-order valence-corrected chi connectivity index (χ0v) is 18.2. The molecule has 1 aliphatic heterocycles. The van der Waals surface area contributed by atoms with Crippen LogP contribution in [-0.2, 0) is 22.6 Å². The lowest BCUT2D eigenvalue weighted by molar-refractivity contribution is -0.136. The van der Waals surface area contributed by atoms with Crippen LogP contribution in [0.1, 0.15) is 22.0 Å². The Morgan fingerprint density at radius 1 is 1.10 bits per heavy atom. The van der Waals surface area contributed by atoms with Gasteiger partial charge < -0.3 is 10.6 Å². The van der Waals surface area contributed by atoms with Crippen molar-refractivity contribution in [3.8, 4) is 0 Å². The van der Waals surface area contributed by atoms with Gasteiger partial charge in [0.2, 0.25) is 0 Å². The van der Waals surface area contributed by atoms with Crippen molar-refractivity contribution in [2.45, 2.75) is 19.0 Å². The van der Waals surface area contributed by atoms with Crippen molar-refractivity contribution in [3.63, 3.8) is 0 Å². The highest BCUT2D eigenvalue weighted by atomic mass is 35.5. The summed E-state index contributed by atoms with van der Waals surface area (Å²) in [6, 6.07) is 16.1. The van der Waals surface area contributed by atoms with E-state index >= 15 is 0 Å². The van der Waals surface area contributed by atoms with Crippen LogP contribution in [0.3, 0.4) is 0 Å². The van der Waals surface area contributed by atoms with Crippen molar-refractivity contribution >= 4 is 40.4 Å². The minimum absolute atomic E-state index is 0.0367. The third-order valence-electron chi connectivity index (χ3n) is 5.31. The van der Waals surface area contributed by atoms with Gasteiger partial charge in [0.05, 0.1) is 11.1 Å². The molecule has 5 nitrogen and oxygen atoms in total. The average molecular weight is 458 g/mol. The van der Waals surface area contributed by atoms with Gasteiger partial charge in [-0.1, -0.05) is 41.9 Å². The number of fused-ring (bicyclic) bond motifs is 1. The molecule has 2 N–H and O–H groups in total. The number of halogens is 2. The Labute approximate surface area is 188 Å². The molecule has 2 aromatic carbocycles. The predicted molar refractivity (Wildman–Crippen MR) is 121 cm³/mol. The van der Waals surface area contributed by atoms with E-state index in [1.807, 2.05) is 23.6 Å². The molecule has 0 bridgehead atoms. The molecule has 3 aromatic rings. The number of amides is 2. The van der Waals surface area contributed by atoms with Crippen LogP contribution in [0.15, 0.2) is 60.0 Å². The number of benzene rings is 2. The molecule has 2 amide bonds. The van der Waals surface area contributed by atoms with Crippen LogP contribution >= 0.6 is 22.9 Å². The maximum absolute atomic E-state index is 13.3. The molecule has 0 aliphatic carbocycles. The van der Waals surface area contributed by atoms with Gasteiger partial charge in [-0.25, -0.2) is 4.39 Å². The summed E-state index contributed by atoms with van der Waals surface area (Å²) in [4.78, 5) is 28.1. The molecule has 2 heterocycles. The van der Waals surface area contributed by atoms with Crippen LogP contribution < -0.4 is 10.6 Å². The minimum Gasteiger partial charge on any atom is -0.346 e. The highest BCUT2D eigenvalue weighted by molar-refractivity contribution is 7.10. The van der Waals surface area contributed by atoms with E-state index < -0.39 is 17.6 Å². The van der Waals surface area contributed by atoms with Gasteiger partial charge in [-0.3, -0.25) is 14.5 Å². The lowest BCUT2D eigenvalue weighted by Crippen LogP contribution is -2.43. The molecule has 0 fully saturated rings. The fourth-order valence-electron chi connectivity index (χ4n) is 3.71. The maximum Gasteiger partial charge on any atom is 0.313 e. The zero-order valence-electron chi connectivity index (χ0n) is 16.6. The Hall–Kier alpha value is -2.74. The first-order chi connectivity index (χ1) is 15.0. The Morgan fingerprint density at radius 2 is 1.90 bits per heavy atom. The number of carbonyl (C=O) groups excluding carboxylic acids is 2. The molecule has 0 saturated heterocycles. The van der Waals surface area contributed by atoms with Crippen molar-refractivity contribution in [3.05, 3.63) is 86.8 Å². The number of anilines is 1. The number of thiophene rings is 1. The largest absolute Gasteiger partial charge is 0.346 e. The number of nitrogens with one attached hydrogen (secondary N) is 2. The summed E-state index contributed by atoms with van der Waals surface area (Å²) in [5, 5.41) is 7.08. The number of carbonyl (C=O) groups is 2. The molecule has 4 rings (SSSR count). The van der Waals surface area contributed by atoms with Gasteiger partial charge in [-0.2, -0.15) is 0 Å². The molecule has 0 saturated carbocycles. The van der Waals surface area contributed by atoms with E-state index in [4.69, 9.17) is 11.6 Å². The summed E-state index contributed by atoms with van der Waals surface area (Å²) >= 11 is 7.36. The molecule has 1 aliphatic rings. The molecule has 1 atom stereocenters. The lowest BCUT2D eigenvalue weighted by atomic mass is 9.98. The summed E-state index contributed by atoms with van der Waals surface area (Å²) in [7, 11) is 0. The molecule has 31 heavy (non-hydrogen) atoms. The molecule has 1 unspecified atom stereocenters. The van der Waals surface area contributed by atoms with E-state index in [1.165, 1.54) is 23.3 Å². The summed E-state index contributed by atoms with van der Waals surface area (Å²) in [6.45, 7) is 1.96. The highest BCUT2D eigenvalue weighted by Gasteiger charge is 2.26. The monoisotopic (exact) mass is 457 g/mol. The standard InChI is InChI=1S/C23H21ClFN3O2S/c24-18-12-17(7-8-19(18)25)27-23(30)22(29)26-13-20(21-6-3-11-31-21)28-10-9-15-4-1-2-5-16(15)14-28/h1-8,11-12,20H,9-10,13-14H2,(H,26,29)(H,27,30). The normalized spacial score (nSPS) is 14.5. The van der Waals surface area contributed by atoms with Crippen LogP contribution in [0.25, 0.3) is 0 Å². The smallest absolute Gasteiger partial charge is 0.313 e. The van der Waals surface area contributed by atoms with Crippen molar-refractivity contribution in [2.75, 3.05) is 18.4 Å². The second kappa shape index (κ2) is 9.60. The second-order valence-electron chi connectivity index (χ2n) is 7.31. The average Bonchev–Trinajstić information content (AvgIpc) is 3.31. The SMILES string of the molecule is O=C(NCC(c1cccs1)N1CCc2ccccc2C1)C(=O)Nc1ccc(F)c(Cl)c1. The van der Waals surface area contributed by atoms with Crippen molar-refractivity contribution < 1.29 is 14.0 Å². The first kappa shape index (κ1) is 21.5. The molecular weight excluding hydrogens is 437 g/mol. The first-order valence-electron chi connectivity index (χ1n) is 9.90. The summed E-state index contributed by atoms with van der Waals surface area (Å²) in [6.07, 6.45) is 0.942. The van der Waals surface area contributed by atoms with Crippen molar-refractivity contribution in [2.24, 2.45) is 0 Å². The zero-order chi connectivity index (χ0) is 21.8. The first-order valence-corrected chi connectivity index (χ1v) is 11.2. The summed E-state index contributed by atoms with van der Waals surface area (Å²) in [5.74, 6) is -2.16. The third-order valence-corrected chi connectivity index (χ3v) is 6.58. The topological polar surface area (TPSA) is 61.4 Å². The van der Waals surface area contributed by atoms with E-state index in [2.05, 4.69) is 33.7 Å². The third kappa shape index (κ3) is 5.12. The van der Waals surface area contributed by atoms with Gasteiger partial charge >= 0.3 is 11.8 Å². The van der Waals surface area contributed by atoms with Gasteiger partial charge in [0.25, 0.3) is 0 Å².